The fourth-order valence-electron chi connectivity index (χ4n) is 4.44. The van der Waals surface area contributed by atoms with Crippen LogP contribution in [-0.4, -0.2) is 30.6 Å². The van der Waals surface area contributed by atoms with Crippen molar-refractivity contribution >= 4 is 0 Å². The van der Waals surface area contributed by atoms with Crippen molar-refractivity contribution < 1.29 is 0 Å². The SMILES string of the molecule is CCN(CC1CCC1)C1CC(C(C)(C)CC)CCC1CN. The minimum atomic E-state index is 0.494. The van der Waals surface area contributed by atoms with Gasteiger partial charge in [0.15, 0.2) is 0 Å². The second-order valence-electron chi connectivity index (χ2n) is 8.30. The molecule has 2 heteroatoms. The molecule has 124 valence electrons. The van der Waals surface area contributed by atoms with Crippen LogP contribution in [0.1, 0.15) is 72.6 Å². The first-order chi connectivity index (χ1) is 10.0. The summed E-state index contributed by atoms with van der Waals surface area (Å²) in [5.41, 5.74) is 6.62. The molecule has 0 aromatic heterocycles. The predicted octanol–water partition coefficient (Wildman–Crippen LogP) is 4.29. The summed E-state index contributed by atoms with van der Waals surface area (Å²) in [5, 5.41) is 0. The molecule has 2 aliphatic rings. The number of rotatable bonds is 7. The van der Waals surface area contributed by atoms with Crippen LogP contribution in [0.5, 0.6) is 0 Å². The molecule has 0 radical (unpaired) electrons. The van der Waals surface area contributed by atoms with Gasteiger partial charge in [-0.25, -0.2) is 0 Å². The standard InChI is InChI=1S/C19H38N2/c1-5-19(3,4)17-11-10-16(13-20)18(12-17)21(6-2)14-15-8-7-9-15/h15-18H,5-14,20H2,1-4H3. The zero-order valence-corrected chi connectivity index (χ0v) is 14.9. The van der Waals surface area contributed by atoms with Crippen LogP contribution in [0.25, 0.3) is 0 Å². The summed E-state index contributed by atoms with van der Waals surface area (Å²) in [4.78, 5) is 2.79. The van der Waals surface area contributed by atoms with Gasteiger partial charge in [-0.1, -0.05) is 40.5 Å². The lowest BCUT2D eigenvalue weighted by Gasteiger charge is -2.48. The van der Waals surface area contributed by atoms with Crippen LogP contribution in [-0.2, 0) is 0 Å². The number of hydrogen-bond acceptors (Lipinski definition) is 2. The molecule has 0 aromatic carbocycles. The molecule has 0 amide bonds. The molecule has 0 aliphatic heterocycles. The minimum absolute atomic E-state index is 0.494. The molecule has 2 rings (SSSR count). The lowest BCUT2D eigenvalue weighted by molar-refractivity contribution is 0.0252. The average Bonchev–Trinajstić information content (AvgIpc) is 2.46. The van der Waals surface area contributed by atoms with Gasteiger partial charge < -0.3 is 10.6 Å². The maximum absolute atomic E-state index is 6.12. The summed E-state index contributed by atoms with van der Waals surface area (Å²) >= 11 is 0. The zero-order valence-electron chi connectivity index (χ0n) is 14.9. The van der Waals surface area contributed by atoms with Crippen LogP contribution < -0.4 is 5.73 Å². The third-order valence-electron chi connectivity index (χ3n) is 6.87. The largest absolute Gasteiger partial charge is 0.330 e. The Morgan fingerprint density at radius 1 is 1.10 bits per heavy atom. The van der Waals surface area contributed by atoms with Crippen molar-refractivity contribution in [2.75, 3.05) is 19.6 Å². The Kier molecular flexibility index (Phi) is 6.14. The third-order valence-corrected chi connectivity index (χ3v) is 6.87. The number of nitrogens with zero attached hydrogens (tertiary/aromatic N) is 1. The Balaban J connectivity index is 2.03. The van der Waals surface area contributed by atoms with E-state index in [-0.39, 0.29) is 0 Å². The summed E-state index contributed by atoms with van der Waals surface area (Å²) in [5.74, 6) is 2.59. The molecule has 3 atom stereocenters. The molecule has 21 heavy (non-hydrogen) atoms. The van der Waals surface area contributed by atoms with E-state index >= 15 is 0 Å². The van der Waals surface area contributed by atoms with Gasteiger partial charge in [0.1, 0.15) is 0 Å². The molecule has 0 bridgehead atoms. The monoisotopic (exact) mass is 294 g/mol. The lowest BCUT2D eigenvalue weighted by atomic mass is 9.65. The van der Waals surface area contributed by atoms with E-state index in [1.807, 2.05) is 0 Å². The van der Waals surface area contributed by atoms with Crippen molar-refractivity contribution in [2.24, 2.45) is 28.9 Å². The highest BCUT2D eigenvalue weighted by atomic mass is 15.2. The second kappa shape index (κ2) is 7.46. The van der Waals surface area contributed by atoms with E-state index in [0.29, 0.717) is 5.41 Å². The Bertz CT molecular complexity index is 309. The van der Waals surface area contributed by atoms with Gasteiger partial charge >= 0.3 is 0 Å². The van der Waals surface area contributed by atoms with Gasteiger partial charge in [0.25, 0.3) is 0 Å². The van der Waals surface area contributed by atoms with Gasteiger partial charge in [-0.15, -0.1) is 0 Å². The van der Waals surface area contributed by atoms with Crippen molar-refractivity contribution in [1.29, 1.82) is 0 Å². The van der Waals surface area contributed by atoms with Gasteiger partial charge in [0, 0.05) is 12.6 Å². The summed E-state index contributed by atoms with van der Waals surface area (Å²) in [6.45, 7) is 13.1. The van der Waals surface area contributed by atoms with Crippen molar-refractivity contribution in [2.45, 2.75) is 78.7 Å². The van der Waals surface area contributed by atoms with E-state index in [1.165, 1.54) is 58.0 Å². The molecule has 2 fully saturated rings. The van der Waals surface area contributed by atoms with Crippen LogP contribution >= 0.6 is 0 Å². The fraction of sp³-hybridized carbons (Fsp3) is 1.00. The highest BCUT2D eigenvalue weighted by Crippen LogP contribution is 2.43. The average molecular weight is 295 g/mol. The predicted molar refractivity (Wildman–Crippen MR) is 92.3 cm³/mol. The van der Waals surface area contributed by atoms with Crippen LogP contribution in [0, 0.1) is 23.2 Å². The molecule has 0 heterocycles. The van der Waals surface area contributed by atoms with E-state index in [9.17, 15) is 0 Å². The molecule has 2 aliphatic carbocycles. The number of nitrogens with two attached hydrogens (primary N) is 1. The zero-order chi connectivity index (χ0) is 15.5. The van der Waals surface area contributed by atoms with E-state index in [4.69, 9.17) is 5.73 Å². The summed E-state index contributed by atoms with van der Waals surface area (Å²) in [7, 11) is 0. The smallest absolute Gasteiger partial charge is 0.0138 e. The quantitative estimate of drug-likeness (QED) is 0.759. The first kappa shape index (κ1) is 17.3. The second-order valence-corrected chi connectivity index (χ2v) is 8.30. The first-order valence-corrected chi connectivity index (χ1v) is 9.45. The van der Waals surface area contributed by atoms with E-state index in [1.54, 1.807) is 0 Å². The van der Waals surface area contributed by atoms with E-state index < -0.39 is 0 Å². The molecule has 0 aromatic rings. The Morgan fingerprint density at radius 2 is 1.81 bits per heavy atom. The topological polar surface area (TPSA) is 29.3 Å². The summed E-state index contributed by atoms with van der Waals surface area (Å²) < 4.78 is 0. The molecule has 2 nitrogen and oxygen atoms in total. The van der Waals surface area contributed by atoms with Crippen LogP contribution in [0.15, 0.2) is 0 Å². The normalized spacial score (nSPS) is 31.4. The minimum Gasteiger partial charge on any atom is -0.330 e. The molecule has 3 unspecified atom stereocenters. The van der Waals surface area contributed by atoms with Gasteiger partial charge in [0.05, 0.1) is 0 Å². The first-order valence-electron chi connectivity index (χ1n) is 9.45. The molecule has 0 saturated heterocycles. The summed E-state index contributed by atoms with van der Waals surface area (Å²) in [6.07, 6.45) is 9.78. The highest BCUT2D eigenvalue weighted by Gasteiger charge is 2.39. The third kappa shape index (κ3) is 4.01. The van der Waals surface area contributed by atoms with Crippen molar-refractivity contribution in [3.63, 3.8) is 0 Å². The maximum Gasteiger partial charge on any atom is 0.0138 e. The molecular weight excluding hydrogens is 256 g/mol. The van der Waals surface area contributed by atoms with Gasteiger partial charge in [-0.3, -0.25) is 0 Å². The van der Waals surface area contributed by atoms with Crippen LogP contribution in [0.4, 0.5) is 0 Å². The van der Waals surface area contributed by atoms with Gasteiger partial charge in [0.2, 0.25) is 0 Å². The van der Waals surface area contributed by atoms with Crippen molar-refractivity contribution in [1.82, 2.24) is 4.90 Å². The van der Waals surface area contributed by atoms with Crippen molar-refractivity contribution in [3.8, 4) is 0 Å². The van der Waals surface area contributed by atoms with Gasteiger partial charge in [-0.05, 0) is 68.4 Å². The molecule has 0 spiro atoms. The maximum atomic E-state index is 6.12. The lowest BCUT2D eigenvalue weighted by Crippen LogP contribution is -2.50. The Labute approximate surface area is 132 Å². The summed E-state index contributed by atoms with van der Waals surface area (Å²) in [6, 6.07) is 0.741. The highest BCUT2D eigenvalue weighted by molar-refractivity contribution is 4.92. The molecule has 2 N–H and O–H groups in total. The van der Waals surface area contributed by atoms with Crippen LogP contribution in [0.3, 0.4) is 0 Å². The number of hydrogen-bond donors (Lipinski definition) is 1. The fourth-order valence-corrected chi connectivity index (χ4v) is 4.44. The van der Waals surface area contributed by atoms with E-state index in [0.717, 1.165) is 30.3 Å². The van der Waals surface area contributed by atoms with Gasteiger partial charge in [-0.2, -0.15) is 0 Å². The Hall–Kier alpha value is -0.0800. The van der Waals surface area contributed by atoms with Crippen LogP contribution in [0.2, 0.25) is 0 Å². The Morgan fingerprint density at radius 3 is 2.29 bits per heavy atom. The molecule has 2 saturated carbocycles. The van der Waals surface area contributed by atoms with E-state index in [2.05, 4.69) is 32.6 Å². The molecular formula is C19H38N2. The van der Waals surface area contributed by atoms with Crippen molar-refractivity contribution in [3.05, 3.63) is 0 Å².